The highest BCUT2D eigenvalue weighted by Gasteiger charge is 2.70. The zero-order valence-corrected chi connectivity index (χ0v) is 29.5. The molecule has 5 saturated carbocycles. The van der Waals surface area contributed by atoms with Crippen molar-refractivity contribution >= 4 is 0 Å². The summed E-state index contributed by atoms with van der Waals surface area (Å²) in [7, 11) is 1.95. The number of rotatable bonds is 5. The molecule has 5 aliphatic carbocycles. The van der Waals surface area contributed by atoms with E-state index in [-0.39, 0.29) is 46.0 Å². The van der Waals surface area contributed by atoms with Crippen molar-refractivity contribution in [1.82, 2.24) is 0 Å². The Kier molecular flexibility index (Phi) is 9.46. The van der Waals surface area contributed by atoms with Gasteiger partial charge >= 0.3 is 0 Å². The van der Waals surface area contributed by atoms with Crippen molar-refractivity contribution in [2.75, 3.05) is 20.3 Å². The molecule has 0 spiro atoms. The normalized spacial score (nSPS) is 55.8. The predicted molar refractivity (Wildman–Crippen MR) is 176 cm³/mol. The Morgan fingerprint density at radius 3 is 2.20 bits per heavy atom. The molecule has 5 heteroatoms. The molecule has 44 heavy (non-hydrogen) atoms. The minimum atomic E-state index is -0.561. The number of methoxy groups -OCH3 is 1. The van der Waals surface area contributed by atoms with Crippen LogP contribution in [0.2, 0.25) is 0 Å². The summed E-state index contributed by atoms with van der Waals surface area (Å²) in [5.74, 6) is 4.74. The molecule has 6 fully saturated rings. The molecule has 1 heterocycles. The Balaban J connectivity index is 1.30. The van der Waals surface area contributed by atoms with E-state index < -0.39 is 12.2 Å². The lowest BCUT2D eigenvalue weighted by atomic mass is 9.34. The first kappa shape index (κ1) is 33.7. The highest BCUT2D eigenvalue weighted by molar-refractivity contribution is 5.19. The van der Waals surface area contributed by atoms with Crippen LogP contribution in [0.15, 0.2) is 0 Å². The van der Waals surface area contributed by atoms with Crippen LogP contribution in [0.3, 0.4) is 0 Å². The molecule has 0 bridgehead atoms. The van der Waals surface area contributed by atoms with Crippen LogP contribution in [0.4, 0.5) is 0 Å². The van der Waals surface area contributed by atoms with Gasteiger partial charge in [0, 0.05) is 31.7 Å². The molecule has 0 radical (unpaired) electrons. The van der Waals surface area contributed by atoms with Gasteiger partial charge in [0.2, 0.25) is 0 Å². The van der Waals surface area contributed by atoms with Crippen LogP contribution in [0.25, 0.3) is 0 Å². The van der Waals surface area contributed by atoms with Crippen molar-refractivity contribution in [3.63, 3.8) is 0 Å². The molecule has 254 valence electrons. The molecule has 17 atom stereocenters. The molecule has 0 amide bonds. The highest BCUT2D eigenvalue weighted by Crippen LogP contribution is 2.73. The van der Waals surface area contributed by atoms with Gasteiger partial charge in [0.05, 0.1) is 24.4 Å². The number of aliphatic hydroxyl groups excluding tert-OH is 3. The molecule has 0 aromatic rings. The summed E-state index contributed by atoms with van der Waals surface area (Å²) >= 11 is 0. The van der Waals surface area contributed by atoms with Crippen molar-refractivity contribution in [2.45, 2.75) is 144 Å². The monoisotopic (exact) mass is 617 g/mol. The van der Waals surface area contributed by atoms with E-state index in [0.717, 1.165) is 37.9 Å². The van der Waals surface area contributed by atoms with E-state index in [4.69, 9.17) is 9.47 Å². The van der Waals surface area contributed by atoms with Crippen molar-refractivity contribution in [3.8, 4) is 0 Å². The van der Waals surface area contributed by atoms with Gasteiger partial charge in [0.15, 0.2) is 0 Å². The summed E-state index contributed by atoms with van der Waals surface area (Å²) in [4.78, 5) is 0. The second-order valence-corrected chi connectivity index (χ2v) is 18.5. The van der Waals surface area contributed by atoms with Crippen molar-refractivity contribution in [3.05, 3.63) is 0 Å². The van der Waals surface area contributed by atoms with Gasteiger partial charge in [-0.15, -0.1) is 0 Å². The van der Waals surface area contributed by atoms with Gasteiger partial charge in [-0.05, 0) is 141 Å². The summed E-state index contributed by atoms with van der Waals surface area (Å²) in [6.45, 7) is 18.1. The lowest BCUT2D eigenvalue weighted by molar-refractivity contribution is -0.281. The van der Waals surface area contributed by atoms with Crippen LogP contribution in [0.1, 0.15) is 119 Å². The lowest BCUT2D eigenvalue weighted by Gasteiger charge is -2.72. The molecule has 1 aliphatic heterocycles. The van der Waals surface area contributed by atoms with Crippen molar-refractivity contribution in [2.24, 2.45) is 81.3 Å². The maximum atomic E-state index is 12.6. The van der Waals surface area contributed by atoms with Crippen molar-refractivity contribution < 1.29 is 24.8 Å². The van der Waals surface area contributed by atoms with E-state index in [2.05, 4.69) is 41.5 Å². The van der Waals surface area contributed by atoms with Gasteiger partial charge in [-0.25, -0.2) is 0 Å². The van der Waals surface area contributed by atoms with E-state index in [9.17, 15) is 15.3 Å². The molecule has 6 aliphatic rings. The van der Waals surface area contributed by atoms with Crippen molar-refractivity contribution in [1.29, 1.82) is 0 Å². The smallest absolute Gasteiger partial charge is 0.0656 e. The zero-order valence-electron chi connectivity index (χ0n) is 29.5. The Labute approximate surface area is 269 Å². The van der Waals surface area contributed by atoms with Gasteiger partial charge in [-0.1, -0.05) is 48.0 Å². The van der Waals surface area contributed by atoms with E-state index in [1.54, 1.807) is 0 Å². The second-order valence-electron chi connectivity index (χ2n) is 18.5. The standard InChI is InChI=1S/C39H68O5/c1-22-9-11-28(29-18-27(10-12-31(29)43-8)17-26-13-15-44-16-14-26)30-20-37(5)21-38(6)19-23(2)32(25(4)40)36(42)39(38,7)24(3)34(37)35(41)33(22)30/h22-36,40-42H,9-21H2,1-8H3. The van der Waals surface area contributed by atoms with Gasteiger partial charge in [0.25, 0.3) is 0 Å². The minimum Gasteiger partial charge on any atom is -0.393 e. The number of ether oxygens (including phenoxy) is 2. The fourth-order valence-electron chi connectivity index (χ4n) is 14.3. The molecule has 0 aromatic carbocycles. The third-order valence-electron chi connectivity index (χ3n) is 16.3. The van der Waals surface area contributed by atoms with E-state index in [1.165, 1.54) is 57.8 Å². The molecule has 17 unspecified atom stereocenters. The van der Waals surface area contributed by atoms with Crippen LogP contribution in [0.5, 0.6) is 0 Å². The van der Waals surface area contributed by atoms with E-state index >= 15 is 0 Å². The lowest BCUT2D eigenvalue weighted by Crippen LogP contribution is -2.70. The molecule has 5 nitrogen and oxygen atoms in total. The Morgan fingerprint density at radius 1 is 0.841 bits per heavy atom. The summed E-state index contributed by atoms with van der Waals surface area (Å²) in [5, 5.41) is 35.5. The fourth-order valence-corrected chi connectivity index (χ4v) is 14.3. The summed E-state index contributed by atoms with van der Waals surface area (Å²) in [6, 6.07) is 0. The maximum Gasteiger partial charge on any atom is 0.0656 e. The molecule has 6 rings (SSSR count). The third kappa shape index (κ3) is 5.28. The summed E-state index contributed by atoms with van der Waals surface area (Å²) in [6.07, 6.45) is 12.3. The number of aliphatic hydroxyl groups is 3. The first-order chi connectivity index (χ1) is 20.8. The Hall–Kier alpha value is -0.200. The number of hydrogen-bond acceptors (Lipinski definition) is 5. The van der Waals surface area contributed by atoms with Crippen LogP contribution >= 0.6 is 0 Å². The first-order valence-corrected chi connectivity index (χ1v) is 18.9. The van der Waals surface area contributed by atoms with Crippen LogP contribution in [-0.2, 0) is 9.47 Å². The molecule has 0 aromatic heterocycles. The SMILES string of the molecule is COC1CCC(CC2CCOCC2)CC1C1CCC(C)C2C(O)C3C(C)C4(C)C(O)C(C(C)O)C(C)CC4(C)CC3(C)CC12. The first-order valence-electron chi connectivity index (χ1n) is 18.9. The topological polar surface area (TPSA) is 79.2 Å². The Morgan fingerprint density at radius 2 is 1.55 bits per heavy atom. The average Bonchev–Trinajstić information content (AvgIpc) is 2.95. The summed E-state index contributed by atoms with van der Waals surface area (Å²) < 4.78 is 12.0. The van der Waals surface area contributed by atoms with E-state index in [1.807, 2.05) is 14.0 Å². The van der Waals surface area contributed by atoms with Gasteiger partial charge < -0.3 is 24.8 Å². The third-order valence-corrected chi connectivity index (χ3v) is 16.3. The molecular formula is C39H68O5. The van der Waals surface area contributed by atoms with Crippen LogP contribution < -0.4 is 0 Å². The van der Waals surface area contributed by atoms with Gasteiger partial charge in [-0.2, -0.15) is 0 Å². The molecule has 1 saturated heterocycles. The Bertz CT molecular complexity index is 995. The zero-order chi connectivity index (χ0) is 31.8. The maximum absolute atomic E-state index is 12.6. The predicted octanol–water partition coefficient (Wildman–Crippen LogP) is 7.35. The van der Waals surface area contributed by atoms with Gasteiger partial charge in [0.1, 0.15) is 0 Å². The number of hydrogen-bond donors (Lipinski definition) is 3. The fraction of sp³-hybridized carbons (Fsp3) is 1.00. The molecular weight excluding hydrogens is 548 g/mol. The largest absolute Gasteiger partial charge is 0.393 e. The van der Waals surface area contributed by atoms with Gasteiger partial charge in [-0.3, -0.25) is 0 Å². The quantitative estimate of drug-likeness (QED) is 0.301. The minimum absolute atomic E-state index is 0.0288. The number of fused-ring (bicyclic) bond motifs is 3. The van der Waals surface area contributed by atoms with Crippen LogP contribution in [0, 0.1) is 81.3 Å². The highest BCUT2D eigenvalue weighted by atomic mass is 16.5. The molecule has 3 N–H and O–H groups in total. The second kappa shape index (κ2) is 12.4. The van der Waals surface area contributed by atoms with E-state index in [0.29, 0.717) is 35.7 Å². The average molecular weight is 617 g/mol. The summed E-state index contributed by atoms with van der Waals surface area (Å²) in [5.41, 5.74) is -0.323. The van der Waals surface area contributed by atoms with Crippen LogP contribution in [-0.4, -0.2) is 60.1 Å².